The van der Waals surface area contributed by atoms with E-state index in [9.17, 15) is 9.59 Å². The number of nitrogens with zero attached hydrogens (tertiary/aromatic N) is 6. The molecule has 0 aliphatic carbocycles. The van der Waals surface area contributed by atoms with Gasteiger partial charge in [-0.15, -0.1) is 0 Å². The Labute approximate surface area is 233 Å². The Morgan fingerprint density at radius 2 is 1.82 bits per heavy atom. The van der Waals surface area contributed by atoms with Crippen LogP contribution in [0.25, 0.3) is 33.2 Å². The van der Waals surface area contributed by atoms with Crippen LogP contribution in [0.4, 0.5) is 5.82 Å². The topological polar surface area (TPSA) is 109 Å². The van der Waals surface area contributed by atoms with Crippen LogP contribution in [0.1, 0.15) is 45.6 Å². The van der Waals surface area contributed by atoms with Gasteiger partial charge in [-0.1, -0.05) is 20.4 Å². The lowest BCUT2D eigenvalue weighted by Crippen LogP contribution is -2.40. The number of ether oxygens (including phenoxy) is 1. The smallest absolute Gasteiger partial charge is 0.329 e. The van der Waals surface area contributed by atoms with Gasteiger partial charge in [-0.2, -0.15) is 0 Å². The number of likely N-dealkylation sites (tertiary alicyclic amines) is 1. The zero-order chi connectivity index (χ0) is 28.2. The molecule has 0 atom stereocenters. The molecule has 0 radical (unpaired) electrons. The zero-order valence-electron chi connectivity index (χ0n) is 23.5. The fourth-order valence-electron chi connectivity index (χ4n) is 5.60. The fraction of sp³-hybridized carbons (Fsp3) is 0.433. The quantitative estimate of drug-likeness (QED) is 0.298. The van der Waals surface area contributed by atoms with E-state index in [-0.39, 0.29) is 6.04 Å². The highest BCUT2D eigenvalue weighted by molar-refractivity contribution is 6.01. The Morgan fingerprint density at radius 1 is 1.07 bits per heavy atom. The number of aromatic amines is 1. The number of H-pyrrole nitrogens is 1. The van der Waals surface area contributed by atoms with Crippen molar-refractivity contribution in [3.63, 3.8) is 0 Å². The van der Waals surface area contributed by atoms with Gasteiger partial charge < -0.3 is 14.5 Å². The third-order valence-electron chi connectivity index (χ3n) is 7.55. The second-order valence-corrected chi connectivity index (χ2v) is 10.3. The summed E-state index contributed by atoms with van der Waals surface area (Å²) in [5.74, 6) is 0.945. The number of pyridine rings is 3. The summed E-state index contributed by atoms with van der Waals surface area (Å²) in [5.41, 5.74) is 3.30. The summed E-state index contributed by atoms with van der Waals surface area (Å²) >= 11 is 0. The van der Waals surface area contributed by atoms with Crippen LogP contribution in [0, 0.1) is 0 Å². The van der Waals surface area contributed by atoms with Crippen LogP contribution in [0.15, 0.2) is 58.5 Å². The first-order chi connectivity index (χ1) is 19.4. The normalized spacial score (nSPS) is 14.2. The summed E-state index contributed by atoms with van der Waals surface area (Å²) in [6.45, 7) is 12.3. The summed E-state index contributed by atoms with van der Waals surface area (Å²) < 4.78 is 6.95. The average Bonchev–Trinajstić information content (AvgIpc) is 2.97. The summed E-state index contributed by atoms with van der Waals surface area (Å²) in [5, 5.41) is 0.353. The van der Waals surface area contributed by atoms with Crippen LogP contribution < -0.4 is 16.1 Å². The number of hydrogen-bond acceptors (Lipinski definition) is 8. The Bertz CT molecular complexity index is 1610. The van der Waals surface area contributed by atoms with Crippen molar-refractivity contribution in [1.29, 1.82) is 0 Å². The maximum absolute atomic E-state index is 13.3. The predicted molar refractivity (Wildman–Crippen MR) is 159 cm³/mol. The fourth-order valence-corrected chi connectivity index (χ4v) is 5.60. The molecular formula is C30H37N7O3. The van der Waals surface area contributed by atoms with Crippen LogP contribution in [-0.4, -0.2) is 69.3 Å². The second-order valence-electron chi connectivity index (χ2n) is 10.3. The van der Waals surface area contributed by atoms with E-state index in [0.717, 1.165) is 68.9 Å². The molecule has 40 heavy (non-hydrogen) atoms. The molecule has 0 spiro atoms. The first kappa shape index (κ1) is 27.5. The molecule has 1 fully saturated rings. The van der Waals surface area contributed by atoms with Gasteiger partial charge in [0.25, 0.3) is 5.56 Å². The lowest BCUT2D eigenvalue weighted by Gasteiger charge is -2.35. The van der Waals surface area contributed by atoms with Crippen molar-refractivity contribution in [2.45, 2.75) is 45.6 Å². The molecule has 10 nitrogen and oxygen atoms in total. The Hall–Kier alpha value is -4.05. The number of anilines is 1. The van der Waals surface area contributed by atoms with Crippen molar-refractivity contribution >= 4 is 27.8 Å². The first-order valence-corrected chi connectivity index (χ1v) is 14.0. The van der Waals surface area contributed by atoms with Gasteiger partial charge in [0.2, 0.25) is 0 Å². The Balaban J connectivity index is 1.56. The number of hydrogen-bond donors (Lipinski definition) is 1. The summed E-state index contributed by atoms with van der Waals surface area (Å²) in [7, 11) is 1.66. The number of nitrogens with one attached hydrogen (secondary N) is 1. The van der Waals surface area contributed by atoms with E-state index in [1.165, 1.54) is 6.20 Å². The third kappa shape index (κ3) is 5.36. The molecule has 4 aromatic heterocycles. The molecule has 210 valence electrons. The molecule has 1 aliphatic rings. The monoisotopic (exact) mass is 543 g/mol. The van der Waals surface area contributed by atoms with E-state index in [0.29, 0.717) is 34.2 Å². The maximum Gasteiger partial charge on any atom is 0.329 e. The van der Waals surface area contributed by atoms with E-state index in [2.05, 4.69) is 40.2 Å². The molecular weight excluding hydrogens is 506 g/mol. The summed E-state index contributed by atoms with van der Waals surface area (Å²) in [4.78, 5) is 47.3. The highest BCUT2D eigenvalue weighted by Crippen LogP contribution is 2.30. The van der Waals surface area contributed by atoms with Crippen molar-refractivity contribution in [3.8, 4) is 11.3 Å². The zero-order valence-corrected chi connectivity index (χ0v) is 23.5. The minimum Gasteiger partial charge on any atom is -0.379 e. The average molecular weight is 544 g/mol. The van der Waals surface area contributed by atoms with Gasteiger partial charge in [0, 0.05) is 63.0 Å². The predicted octanol–water partition coefficient (Wildman–Crippen LogP) is 4.12. The minimum atomic E-state index is -0.457. The molecule has 0 saturated carbocycles. The SMILES string of the molecule is C=C(COC)N1CCC(n2c(=O)[nH]c(=O)c3cnc4ccc(-c5ccc(N(CCC)CCC)nc5)nc4c32)CC1. The van der Waals surface area contributed by atoms with Crippen LogP contribution in [0.3, 0.4) is 0 Å². The molecule has 5 heterocycles. The van der Waals surface area contributed by atoms with Gasteiger partial charge in [-0.05, 0) is 49.9 Å². The van der Waals surface area contributed by atoms with Crippen molar-refractivity contribution in [2.75, 3.05) is 44.8 Å². The largest absolute Gasteiger partial charge is 0.379 e. The summed E-state index contributed by atoms with van der Waals surface area (Å²) in [6, 6.07) is 7.75. The van der Waals surface area contributed by atoms with Gasteiger partial charge >= 0.3 is 5.69 Å². The van der Waals surface area contributed by atoms with Crippen molar-refractivity contribution < 1.29 is 4.74 Å². The Kier molecular flexibility index (Phi) is 8.25. The molecule has 0 bridgehead atoms. The number of aromatic nitrogens is 5. The molecule has 1 N–H and O–H groups in total. The maximum atomic E-state index is 13.3. The van der Waals surface area contributed by atoms with Gasteiger partial charge in [0.1, 0.15) is 11.3 Å². The van der Waals surface area contributed by atoms with Crippen molar-refractivity contribution in [1.82, 2.24) is 29.4 Å². The number of fused-ring (bicyclic) bond motifs is 3. The van der Waals surface area contributed by atoms with E-state index in [1.54, 1.807) is 11.7 Å². The number of rotatable bonds is 10. The van der Waals surface area contributed by atoms with Crippen LogP contribution in [-0.2, 0) is 4.74 Å². The lowest BCUT2D eigenvalue weighted by molar-refractivity contribution is 0.163. The van der Waals surface area contributed by atoms with Gasteiger partial charge in [0.05, 0.1) is 28.7 Å². The highest BCUT2D eigenvalue weighted by Gasteiger charge is 2.25. The standard InChI is InChI=1S/C30H37N7O3/c1-5-13-36(14-6-2)26-10-7-21(17-32-26)24-8-9-25-27(33-24)28-23(18-31-25)29(38)34-30(39)37(28)22-11-15-35(16-12-22)20(3)19-40-4/h7-10,17-18,22H,3,5-6,11-16,19H2,1-2,4H3,(H,34,38,39). The second kappa shape index (κ2) is 12.0. The molecule has 0 aromatic carbocycles. The molecule has 1 aliphatic heterocycles. The van der Waals surface area contributed by atoms with E-state index in [1.807, 2.05) is 30.5 Å². The van der Waals surface area contributed by atoms with Crippen LogP contribution in [0.5, 0.6) is 0 Å². The molecule has 0 unspecified atom stereocenters. The molecule has 10 heteroatoms. The molecule has 4 aromatic rings. The Morgan fingerprint density at radius 3 is 2.48 bits per heavy atom. The van der Waals surface area contributed by atoms with Gasteiger partial charge in [-0.3, -0.25) is 19.3 Å². The van der Waals surface area contributed by atoms with Gasteiger partial charge in [0.15, 0.2) is 0 Å². The van der Waals surface area contributed by atoms with Crippen molar-refractivity contribution in [3.05, 3.63) is 69.8 Å². The van der Waals surface area contributed by atoms with Gasteiger partial charge in [-0.25, -0.2) is 14.8 Å². The minimum absolute atomic E-state index is 0.0986. The van der Waals surface area contributed by atoms with Crippen LogP contribution >= 0.6 is 0 Å². The van der Waals surface area contributed by atoms with E-state index in [4.69, 9.17) is 14.7 Å². The van der Waals surface area contributed by atoms with Crippen LogP contribution in [0.2, 0.25) is 0 Å². The number of methoxy groups -OCH3 is 1. The molecule has 5 rings (SSSR count). The first-order valence-electron chi connectivity index (χ1n) is 14.0. The third-order valence-corrected chi connectivity index (χ3v) is 7.55. The number of piperidine rings is 1. The van der Waals surface area contributed by atoms with E-state index < -0.39 is 11.2 Å². The van der Waals surface area contributed by atoms with Crippen molar-refractivity contribution in [2.24, 2.45) is 0 Å². The lowest BCUT2D eigenvalue weighted by atomic mass is 10.0. The molecule has 0 amide bonds. The van der Waals surface area contributed by atoms with E-state index >= 15 is 0 Å². The highest BCUT2D eigenvalue weighted by atomic mass is 16.5. The summed E-state index contributed by atoms with van der Waals surface area (Å²) in [6.07, 6.45) is 6.93. The molecule has 1 saturated heterocycles.